The number of hydrogen-bond acceptors (Lipinski definition) is 5. The highest BCUT2D eigenvalue weighted by Crippen LogP contribution is 2.71. The summed E-state index contributed by atoms with van der Waals surface area (Å²) in [5, 5.41) is 18.9. The van der Waals surface area contributed by atoms with Crippen LogP contribution in [-0.2, 0) is 14.4 Å². The summed E-state index contributed by atoms with van der Waals surface area (Å²) < 4.78 is 4.87. The van der Waals surface area contributed by atoms with Gasteiger partial charge in [0.05, 0.1) is 31.5 Å². The van der Waals surface area contributed by atoms with E-state index in [4.69, 9.17) is 21.2 Å². The van der Waals surface area contributed by atoms with Gasteiger partial charge in [0.1, 0.15) is 11.6 Å². The average Bonchev–Trinajstić information content (AvgIpc) is 2.97. The zero-order valence-corrected chi connectivity index (χ0v) is 16.0. The Morgan fingerprint density at radius 1 is 1.37 bits per heavy atom. The van der Waals surface area contributed by atoms with Gasteiger partial charge < -0.3 is 19.4 Å². The number of likely N-dealkylation sites (tertiary alicyclic amines) is 1. The maximum absolute atomic E-state index is 13.9. The first-order valence-electron chi connectivity index (χ1n) is 9.78. The Morgan fingerprint density at radius 3 is 2.74 bits per heavy atom. The molecular formula is C20H23ClN2O4. The fourth-order valence-electron chi connectivity index (χ4n) is 5.78. The van der Waals surface area contributed by atoms with Crippen molar-refractivity contribution in [1.82, 2.24) is 0 Å². The van der Waals surface area contributed by atoms with Crippen molar-refractivity contribution in [2.24, 2.45) is 28.8 Å². The molecule has 2 saturated carbocycles. The molecule has 2 aliphatic carbocycles. The molecular weight excluding hydrogens is 368 g/mol. The molecule has 7 heteroatoms. The second kappa shape index (κ2) is 5.93. The van der Waals surface area contributed by atoms with Gasteiger partial charge in [0.25, 0.3) is 5.72 Å². The van der Waals surface area contributed by atoms with E-state index in [9.17, 15) is 10.0 Å². The lowest BCUT2D eigenvalue weighted by molar-refractivity contribution is -0.953. The molecule has 0 N–H and O–H groups in total. The average molecular weight is 391 g/mol. The summed E-state index contributed by atoms with van der Waals surface area (Å²) in [7, 11) is 0. The van der Waals surface area contributed by atoms with Crippen LogP contribution in [0.1, 0.15) is 31.7 Å². The minimum Gasteiger partial charge on any atom is -0.630 e. The smallest absolute Gasteiger partial charge is 0.309 e. The van der Waals surface area contributed by atoms with Gasteiger partial charge in [0.15, 0.2) is 0 Å². The molecule has 1 aromatic carbocycles. The molecule has 2 aliphatic heterocycles. The van der Waals surface area contributed by atoms with Crippen LogP contribution in [0.3, 0.4) is 0 Å². The highest BCUT2D eigenvalue weighted by molar-refractivity contribution is 6.30. The third-order valence-electron chi connectivity index (χ3n) is 6.90. The summed E-state index contributed by atoms with van der Waals surface area (Å²) in [4.78, 5) is 18.5. The van der Waals surface area contributed by atoms with Crippen molar-refractivity contribution < 1.29 is 19.0 Å². The SMILES string of the molecule is CCOC(=O)C1C2CC3C(c4ccc(Cl)cc4)=NOC3([N+]3([O-])CCCC3)C21. The lowest BCUT2D eigenvalue weighted by Crippen LogP contribution is -2.64. The molecule has 144 valence electrons. The van der Waals surface area contributed by atoms with Crippen molar-refractivity contribution >= 4 is 23.3 Å². The Kier molecular flexibility index (Phi) is 3.84. The lowest BCUT2D eigenvalue weighted by Gasteiger charge is -2.52. The number of oxime groups is 1. The fraction of sp³-hybridized carbons (Fsp3) is 0.600. The van der Waals surface area contributed by atoms with E-state index in [1.807, 2.05) is 31.2 Å². The normalized spacial score (nSPS) is 38.0. The van der Waals surface area contributed by atoms with E-state index < -0.39 is 10.4 Å². The van der Waals surface area contributed by atoms with Gasteiger partial charge in [-0.15, -0.1) is 0 Å². The van der Waals surface area contributed by atoms with Crippen molar-refractivity contribution in [1.29, 1.82) is 0 Å². The second-order valence-electron chi connectivity index (χ2n) is 8.13. The summed E-state index contributed by atoms with van der Waals surface area (Å²) in [6, 6.07) is 7.50. The standard InChI is InChI=1S/C20H23ClN2O4/c1-2-26-19(24)16-14-11-15-18(12-5-7-13(21)8-6-12)22-27-20(15,17(14)16)23(25)9-3-4-10-23/h5-8,14-17H,2-4,9-11H2,1H3. The van der Waals surface area contributed by atoms with Gasteiger partial charge in [-0.05, 0) is 31.4 Å². The van der Waals surface area contributed by atoms with E-state index in [2.05, 4.69) is 5.16 Å². The molecule has 5 atom stereocenters. The first-order valence-corrected chi connectivity index (χ1v) is 10.2. The van der Waals surface area contributed by atoms with Gasteiger partial charge in [0.2, 0.25) is 0 Å². The maximum Gasteiger partial charge on any atom is 0.309 e. The van der Waals surface area contributed by atoms with Gasteiger partial charge in [-0.2, -0.15) is 0 Å². The Balaban J connectivity index is 1.51. The molecule has 0 radical (unpaired) electrons. The third-order valence-corrected chi connectivity index (χ3v) is 7.15. The molecule has 3 fully saturated rings. The number of fused-ring (bicyclic) bond motifs is 3. The number of halogens is 1. The highest BCUT2D eigenvalue weighted by atomic mass is 35.5. The number of esters is 1. The Bertz CT molecular complexity index is 805. The molecule has 1 saturated heterocycles. The van der Waals surface area contributed by atoms with Gasteiger partial charge in [-0.3, -0.25) is 4.79 Å². The molecule has 6 nitrogen and oxygen atoms in total. The summed E-state index contributed by atoms with van der Waals surface area (Å²) >= 11 is 6.02. The van der Waals surface area contributed by atoms with Crippen molar-refractivity contribution in [3.8, 4) is 0 Å². The summed E-state index contributed by atoms with van der Waals surface area (Å²) in [6.45, 7) is 3.22. The number of hydroxylamine groups is 3. The van der Waals surface area contributed by atoms with E-state index >= 15 is 0 Å². The first kappa shape index (κ1) is 17.5. The Morgan fingerprint density at radius 2 is 2.07 bits per heavy atom. The molecule has 2 heterocycles. The number of quaternary nitrogens is 1. The van der Waals surface area contributed by atoms with E-state index in [1.165, 1.54) is 0 Å². The number of carbonyl (C=O) groups is 1. The summed E-state index contributed by atoms with van der Waals surface area (Å²) in [6.07, 6.45) is 2.52. The van der Waals surface area contributed by atoms with Crippen LogP contribution in [-0.4, -0.2) is 41.7 Å². The molecule has 5 rings (SSSR count). The fourth-order valence-corrected chi connectivity index (χ4v) is 5.91. The van der Waals surface area contributed by atoms with Gasteiger partial charge >= 0.3 is 5.97 Å². The van der Waals surface area contributed by atoms with Crippen molar-refractivity contribution in [2.75, 3.05) is 19.7 Å². The molecule has 1 aromatic rings. The molecule has 0 bridgehead atoms. The number of hydrogen-bond donors (Lipinski definition) is 0. The van der Waals surface area contributed by atoms with E-state index in [0.29, 0.717) is 24.7 Å². The minimum absolute atomic E-state index is 0.0880. The summed E-state index contributed by atoms with van der Waals surface area (Å²) in [5.41, 5.74) is 0.779. The zero-order chi connectivity index (χ0) is 18.8. The predicted molar refractivity (Wildman–Crippen MR) is 99.6 cm³/mol. The zero-order valence-electron chi connectivity index (χ0n) is 15.3. The van der Waals surface area contributed by atoms with Crippen molar-refractivity contribution in [3.63, 3.8) is 0 Å². The van der Waals surface area contributed by atoms with Crippen LogP contribution < -0.4 is 0 Å². The molecule has 5 unspecified atom stereocenters. The lowest BCUT2D eigenvalue weighted by atomic mass is 9.83. The first-order chi connectivity index (χ1) is 13.0. The van der Waals surface area contributed by atoms with Crippen LogP contribution in [0.25, 0.3) is 0 Å². The molecule has 27 heavy (non-hydrogen) atoms. The number of ether oxygens (including phenoxy) is 1. The minimum atomic E-state index is -0.979. The van der Waals surface area contributed by atoms with Crippen LogP contribution in [0.4, 0.5) is 0 Å². The van der Waals surface area contributed by atoms with Crippen LogP contribution in [0.5, 0.6) is 0 Å². The highest BCUT2D eigenvalue weighted by Gasteiger charge is 2.83. The number of rotatable bonds is 4. The number of benzene rings is 1. The van der Waals surface area contributed by atoms with Crippen LogP contribution >= 0.6 is 11.6 Å². The predicted octanol–water partition coefficient (Wildman–Crippen LogP) is 3.32. The monoisotopic (exact) mass is 390 g/mol. The van der Waals surface area contributed by atoms with E-state index in [0.717, 1.165) is 30.5 Å². The largest absolute Gasteiger partial charge is 0.630 e. The molecule has 4 aliphatic rings. The number of carbonyl (C=O) groups excluding carboxylic acids is 1. The van der Waals surface area contributed by atoms with Crippen LogP contribution in [0, 0.1) is 28.9 Å². The molecule has 0 amide bonds. The quantitative estimate of drug-likeness (QED) is 0.449. The topological polar surface area (TPSA) is 71.0 Å². The third kappa shape index (κ3) is 2.27. The van der Waals surface area contributed by atoms with Crippen molar-refractivity contribution in [2.45, 2.75) is 31.9 Å². The van der Waals surface area contributed by atoms with Crippen LogP contribution in [0.15, 0.2) is 29.4 Å². The van der Waals surface area contributed by atoms with E-state index in [-0.39, 0.29) is 29.6 Å². The van der Waals surface area contributed by atoms with Crippen molar-refractivity contribution in [3.05, 3.63) is 40.1 Å². The maximum atomic E-state index is 13.9. The van der Waals surface area contributed by atoms with Gasteiger partial charge in [0, 0.05) is 23.4 Å². The van der Waals surface area contributed by atoms with E-state index in [1.54, 1.807) is 0 Å². The Hall–Kier alpha value is -1.63. The Labute approximate surface area is 163 Å². The molecule has 0 aromatic heterocycles. The number of nitrogens with zero attached hydrogens (tertiary/aromatic N) is 2. The van der Waals surface area contributed by atoms with Crippen LogP contribution in [0.2, 0.25) is 5.02 Å². The van der Waals surface area contributed by atoms with Gasteiger partial charge in [-0.25, -0.2) is 0 Å². The summed E-state index contributed by atoms with van der Waals surface area (Å²) in [5.74, 6) is -0.470. The molecule has 0 spiro atoms. The van der Waals surface area contributed by atoms with Gasteiger partial charge in [-0.1, -0.05) is 28.9 Å². The second-order valence-corrected chi connectivity index (χ2v) is 8.56.